The fourth-order valence-electron chi connectivity index (χ4n) is 2.48. The quantitative estimate of drug-likeness (QED) is 0.735. The molecule has 1 heteroatoms. The number of rotatable bonds is 5. The predicted molar refractivity (Wildman–Crippen MR) is 72.4 cm³/mol. The summed E-state index contributed by atoms with van der Waals surface area (Å²) in [7, 11) is 0. The molecule has 1 saturated heterocycles. The minimum atomic E-state index is 0.546. The molecule has 1 unspecified atom stereocenters. The Hall–Kier alpha value is -0.820. The number of hydrogen-bond acceptors (Lipinski definition) is 1. The molecule has 0 saturated carbocycles. The van der Waals surface area contributed by atoms with Gasteiger partial charge in [0, 0.05) is 6.61 Å². The molecule has 17 heavy (non-hydrogen) atoms. The lowest BCUT2D eigenvalue weighted by molar-refractivity contribution is 0.102. The average molecular weight is 232 g/mol. The van der Waals surface area contributed by atoms with Gasteiger partial charge in [-0.25, -0.2) is 0 Å². The Bertz CT molecular complexity index is 320. The fourth-order valence-corrected chi connectivity index (χ4v) is 2.48. The second-order valence-electron chi connectivity index (χ2n) is 5.42. The SMILES string of the molecule is CC(C)c1ccc(CCCC2CCCO2)cc1. The summed E-state index contributed by atoms with van der Waals surface area (Å²) in [6.07, 6.45) is 6.75. The van der Waals surface area contributed by atoms with Gasteiger partial charge in [-0.1, -0.05) is 38.1 Å². The maximum absolute atomic E-state index is 5.64. The second kappa shape index (κ2) is 6.20. The number of aryl methyl sites for hydroxylation is 1. The van der Waals surface area contributed by atoms with E-state index in [4.69, 9.17) is 4.74 Å². The highest BCUT2D eigenvalue weighted by atomic mass is 16.5. The van der Waals surface area contributed by atoms with Gasteiger partial charge in [0.15, 0.2) is 0 Å². The van der Waals surface area contributed by atoms with E-state index in [1.54, 1.807) is 0 Å². The van der Waals surface area contributed by atoms with Crippen LogP contribution in [-0.4, -0.2) is 12.7 Å². The molecule has 1 atom stereocenters. The molecule has 1 aromatic rings. The Kier molecular flexibility index (Phi) is 4.61. The Morgan fingerprint density at radius 3 is 2.59 bits per heavy atom. The summed E-state index contributed by atoms with van der Waals surface area (Å²) < 4.78 is 5.64. The first-order valence-corrected chi connectivity index (χ1v) is 6.96. The molecule has 0 spiro atoms. The first kappa shape index (κ1) is 12.6. The minimum Gasteiger partial charge on any atom is -0.378 e. The van der Waals surface area contributed by atoms with Crippen LogP contribution in [0.5, 0.6) is 0 Å². The van der Waals surface area contributed by atoms with Gasteiger partial charge in [0.05, 0.1) is 6.10 Å². The zero-order valence-electron chi connectivity index (χ0n) is 11.1. The molecule has 2 rings (SSSR count). The van der Waals surface area contributed by atoms with Gasteiger partial charge in [-0.05, 0) is 49.1 Å². The third-order valence-corrected chi connectivity index (χ3v) is 3.66. The summed E-state index contributed by atoms with van der Waals surface area (Å²) in [6, 6.07) is 9.10. The highest BCUT2D eigenvalue weighted by Crippen LogP contribution is 2.19. The van der Waals surface area contributed by atoms with Crippen LogP contribution in [-0.2, 0) is 11.2 Å². The van der Waals surface area contributed by atoms with E-state index in [1.807, 2.05) is 0 Å². The van der Waals surface area contributed by atoms with Crippen molar-refractivity contribution in [2.45, 2.75) is 58.0 Å². The molecular weight excluding hydrogens is 208 g/mol. The van der Waals surface area contributed by atoms with Gasteiger partial charge in [0.1, 0.15) is 0 Å². The lowest BCUT2D eigenvalue weighted by Crippen LogP contribution is -2.04. The van der Waals surface area contributed by atoms with Crippen LogP contribution in [0.15, 0.2) is 24.3 Å². The van der Waals surface area contributed by atoms with Crippen molar-refractivity contribution in [3.8, 4) is 0 Å². The summed E-state index contributed by atoms with van der Waals surface area (Å²) in [5.41, 5.74) is 2.90. The van der Waals surface area contributed by atoms with Crippen LogP contribution < -0.4 is 0 Å². The van der Waals surface area contributed by atoms with Crippen LogP contribution in [0.2, 0.25) is 0 Å². The molecule has 0 amide bonds. The molecule has 1 aliphatic heterocycles. The van der Waals surface area contributed by atoms with E-state index in [0.29, 0.717) is 12.0 Å². The molecule has 0 aromatic heterocycles. The largest absolute Gasteiger partial charge is 0.378 e. The smallest absolute Gasteiger partial charge is 0.0576 e. The minimum absolute atomic E-state index is 0.546. The van der Waals surface area contributed by atoms with E-state index in [2.05, 4.69) is 38.1 Å². The third-order valence-electron chi connectivity index (χ3n) is 3.66. The van der Waals surface area contributed by atoms with Crippen LogP contribution in [0.4, 0.5) is 0 Å². The molecule has 1 fully saturated rings. The van der Waals surface area contributed by atoms with E-state index >= 15 is 0 Å². The lowest BCUT2D eigenvalue weighted by atomic mass is 9.99. The van der Waals surface area contributed by atoms with Crippen LogP contribution >= 0.6 is 0 Å². The zero-order valence-corrected chi connectivity index (χ0v) is 11.1. The predicted octanol–water partition coefficient (Wildman–Crippen LogP) is 4.31. The second-order valence-corrected chi connectivity index (χ2v) is 5.42. The van der Waals surface area contributed by atoms with Crippen LogP contribution in [0.1, 0.15) is 56.6 Å². The van der Waals surface area contributed by atoms with Gasteiger partial charge in [0.25, 0.3) is 0 Å². The van der Waals surface area contributed by atoms with Gasteiger partial charge in [-0.2, -0.15) is 0 Å². The van der Waals surface area contributed by atoms with Crippen LogP contribution in [0.25, 0.3) is 0 Å². The van der Waals surface area contributed by atoms with Crippen molar-refractivity contribution in [2.24, 2.45) is 0 Å². The summed E-state index contributed by atoms with van der Waals surface area (Å²) in [5.74, 6) is 0.635. The van der Waals surface area contributed by atoms with Crippen molar-refractivity contribution in [2.75, 3.05) is 6.61 Å². The highest BCUT2D eigenvalue weighted by molar-refractivity contribution is 5.24. The lowest BCUT2D eigenvalue weighted by Gasteiger charge is -2.09. The Labute approximate surface area is 105 Å². The van der Waals surface area contributed by atoms with E-state index in [0.717, 1.165) is 6.61 Å². The Balaban J connectivity index is 1.74. The van der Waals surface area contributed by atoms with Gasteiger partial charge < -0.3 is 4.74 Å². The molecule has 0 aliphatic carbocycles. The molecule has 1 aromatic carbocycles. The van der Waals surface area contributed by atoms with Gasteiger partial charge >= 0.3 is 0 Å². The maximum atomic E-state index is 5.64. The molecule has 94 valence electrons. The van der Waals surface area contributed by atoms with Crippen molar-refractivity contribution >= 4 is 0 Å². The molecule has 1 nitrogen and oxygen atoms in total. The first-order valence-electron chi connectivity index (χ1n) is 6.96. The number of hydrogen-bond donors (Lipinski definition) is 0. The summed E-state index contributed by atoms with van der Waals surface area (Å²) in [5, 5.41) is 0. The van der Waals surface area contributed by atoms with Crippen LogP contribution in [0.3, 0.4) is 0 Å². The van der Waals surface area contributed by atoms with E-state index in [1.165, 1.54) is 43.2 Å². The normalized spacial score (nSPS) is 20.1. The number of ether oxygens (including phenoxy) is 1. The van der Waals surface area contributed by atoms with Crippen molar-refractivity contribution in [1.29, 1.82) is 0 Å². The molecule has 0 bridgehead atoms. The summed E-state index contributed by atoms with van der Waals surface area (Å²) in [4.78, 5) is 0. The van der Waals surface area contributed by atoms with Crippen molar-refractivity contribution in [3.05, 3.63) is 35.4 Å². The molecule has 0 N–H and O–H groups in total. The monoisotopic (exact) mass is 232 g/mol. The van der Waals surface area contributed by atoms with E-state index in [-0.39, 0.29) is 0 Å². The topological polar surface area (TPSA) is 9.23 Å². The van der Waals surface area contributed by atoms with Gasteiger partial charge in [-0.15, -0.1) is 0 Å². The summed E-state index contributed by atoms with van der Waals surface area (Å²) in [6.45, 7) is 5.46. The fraction of sp³-hybridized carbons (Fsp3) is 0.625. The standard InChI is InChI=1S/C16H24O/c1-13(2)15-10-8-14(9-11-15)5-3-6-16-7-4-12-17-16/h8-11,13,16H,3-7,12H2,1-2H3. The van der Waals surface area contributed by atoms with Crippen LogP contribution in [0, 0.1) is 0 Å². The first-order chi connectivity index (χ1) is 8.25. The number of benzene rings is 1. The van der Waals surface area contributed by atoms with Crippen molar-refractivity contribution in [1.82, 2.24) is 0 Å². The maximum Gasteiger partial charge on any atom is 0.0576 e. The van der Waals surface area contributed by atoms with Gasteiger partial charge in [0.2, 0.25) is 0 Å². The summed E-state index contributed by atoms with van der Waals surface area (Å²) >= 11 is 0. The molecule has 0 radical (unpaired) electrons. The van der Waals surface area contributed by atoms with Gasteiger partial charge in [-0.3, -0.25) is 0 Å². The van der Waals surface area contributed by atoms with E-state index in [9.17, 15) is 0 Å². The highest BCUT2D eigenvalue weighted by Gasteiger charge is 2.14. The Morgan fingerprint density at radius 1 is 1.24 bits per heavy atom. The van der Waals surface area contributed by atoms with E-state index < -0.39 is 0 Å². The van der Waals surface area contributed by atoms with Crippen molar-refractivity contribution in [3.63, 3.8) is 0 Å². The average Bonchev–Trinajstić information content (AvgIpc) is 2.83. The van der Waals surface area contributed by atoms with Crippen molar-refractivity contribution < 1.29 is 4.74 Å². The molecule has 1 aliphatic rings. The third kappa shape index (κ3) is 3.85. The molecule has 1 heterocycles. The zero-order chi connectivity index (χ0) is 12.1. The molecular formula is C16H24O. The Morgan fingerprint density at radius 2 is 2.00 bits per heavy atom.